The lowest BCUT2D eigenvalue weighted by molar-refractivity contribution is 0.703. The van der Waals surface area contributed by atoms with Gasteiger partial charge in [-0.2, -0.15) is 0 Å². The summed E-state index contributed by atoms with van der Waals surface area (Å²) in [6, 6.07) is 1.25. The first kappa shape index (κ1) is 6.53. The van der Waals surface area contributed by atoms with E-state index in [0.717, 1.165) is 0 Å². The van der Waals surface area contributed by atoms with Crippen LogP contribution in [0.15, 0.2) is 0 Å². The highest BCUT2D eigenvalue weighted by Crippen LogP contribution is 1.86. The van der Waals surface area contributed by atoms with Crippen LogP contribution in [0.1, 0.15) is 13.3 Å². The molecule has 0 heterocycles. The van der Waals surface area contributed by atoms with Gasteiger partial charge in [-0.3, -0.25) is 0 Å². The summed E-state index contributed by atoms with van der Waals surface area (Å²) >= 11 is 3.62. The summed E-state index contributed by atoms with van der Waals surface area (Å²) in [5.41, 5.74) is 0. The van der Waals surface area contributed by atoms with Crippen molar-refractivity contribution < 1.29 is 3.87 Å². The molecule has 0 amide bonds. The third kappa shape index (κ3) is 4.53. The largest absolute Gasteiger partial charge is 0.367 e. The van der Waals surface area contributed by atoms with Crippen LogP contribution in [0, 0.1) is 0 Å². The van der Waals surface area contributed by atoms with Crippen LogP contribution in [0.2, 0.25) is 6.04 Å². The molecule has 0 spiro atoms. The van der Waals surface area contributed by atoms with Crippen LogP contribution in [0.5, 0.6) is 0 Å². The molecule has 0 aliphatic carbocycles. The van der Waals surface area contributed by atoms with Crippen molar-refractivity contribution >= 4 is 22.7 Å². The number of hydrogen-bond acceptors (Lipinski definition) is 2. The first-order valence-corrected chi connectivity index (χ1v) is 4.12. The van der Waals surface area contributed by atoms with Crippen LogP contribution in [0.3, 0.4) is 0 Å². The lowest BCUT2D eigenvalue weighted by Crippen LogP contribution is -1.84. The summed E-state index contributed by atoms with van der Waals surface area (Å²) in [7, 11) is -0.214. The molecule has 0 radical (unpaired) electrons. The molecule has 0 bridgehead atoms. The number of rotatable bonds is 3. The van der Waals surface area contributed by atoms with Crippen molar-refractivity contribution in [1.82, 2.24) is 0 Å². The standard InChI is InChI=1S/C3H10OSSi/c1-2-3-6-4-5/h5H,2-3,6H2,1H3. The Morgan fingerprint density at radius 2 is 2.50 bits per heavy atom. The lowest BCUT2D eigenvalue weighted by Gasteiger charge is -1.86. The maximum absolute atomic E-state index is 4.62. The van der Waals surface area contributed by atoms with E-state index in [9.17, 15) is 0 Å². The quantitative estimate of drug-likeness (QED) is 0.252. The van der Waals surface area contributed by atoms with Crippen molar-refractivity contribution in [2.45, 2.75) is 19.4 Å². The maximum Gasteiger partial charge on any atom is 0.180 e. The van der Waals surface area contributed by atoms with E-state index in [1.807, 2.05) is 0 Å². The summed E-state index contributed by atoms with van der Waals surface area (Å²) in [6.45, 7) is 2.15. The molecular weight excluding hydrogens is 112 g/mol. The molecule has 0 unspecified atom stereocenters. The summed E-state index contributed by atoms with van der Waals surface area (Å²) in [4.78, 5) is 0. The molecule has 0 fully saturated rings. The molecule has 0 aromatic rings. The molecule has 3 heteroatoms. The second-order valence-corrected chi connectivity index (χ2v) is 3.33. The summed E-state index contributed by atoms with van der Waals surface area (Å²) in [5, 5.41) is 0. The third-order valence-electron chi connectivity index (χ3n) is 0.589. The Kier molecular flexibility index (Phi) is 6.01. The highest BCUT2D eigenvalue weighted by Gasteiger charge is 1.78. The summed E-state index contributed by atoms with van der Waals surface area (Å²) < 4.78 is 4.62. The first-order valence-electron chi connectivity index (χ1n) is 2.18. The minimum Gasteiger partial charge on any atom is -0.367 e. The van der Waals surface area contributed by atoms with Crippen LogP contribution >= 0.6 is 12.9 Å². The van der Waals surface area contributed by atoms with Crippen LogP contribution in [-0.4, -0.2) is 9.76 Å². The van der Waals surface area contributed by atoms with Gasteiger partial charge in [0.1, 0.15) is 0 Å². The van der Waals surface area contributed by atoms with E-state index >= 15 is 0 Å². The Hall–Kier alpha value is 0.527. The van der Waals surface area contributed by atoms with Gasteiger partial charge >= 0.3 is 0 Å². The van der Waals surface area contributed by atoms with E-state index in [1.54, 1.807) is 0 Å². The van der Waals surface area contributed by atoms with Crippen LogP contribution in [-0.2, 0) is 3.87 Å². The Balaban J connectivity index is 2.34. The van der Waals surface area contributed by atoms with Gasteiger partial charge in [-0.1, -0.05) is 13.3 Å². The fourth-order valence-corrected chi connectivity index (χ4v) is 1.01. The van der Waals surface area contributed by atoms with E-state index in [2.05, 4.69) is 23.7 Å². The minimum atomic E-state index is -0.214. The van der Waals surface area contributed by atoms with Crippen LogP contribution in [0.4, 0.5) is 0 Å². The fourth-order valence-electron chi connectivity index (χ4n) is 0.209. The molecule has 0 rings (SSSR count). The monoisotopic (exact) mass is 122 g/mol. The molecule has 0 aliphatic rings. The zero-order valence-electron chi connectivity index (χ0n) is 3.98. The van der Waals surface area contributed by atoms with Gasteiger partial charge in [0.25, 0.3) is 0 Å². The molecule has 0 N–H and O–H groups in total. The zero-order valence-corrected chi connectivity index (χ0v) is 6.29. The first-order chi connectivity index (χ1) is 2.91. The summed E-state index contributed by atoms with van der Waals surface area (Å²) in [6.07, 6.45) is 1.24. The molecule has 0 saturated heterocycles. The lowest BCUT2D eigenvalue weighted by atomic mass is 10.6. The highest BCUT2D eigenvalue weighted by molar-refractivity contribution is 7.75. The Bertz CT molecular complexity index is 22.8. The molecule has 0 atom stereocenters. The SMILES string of the molecule is CCC[SiH2]OS. The summed E-state index contributed by atoms with van der Waals surface area (Å²) in [5.74, 6) is 0. The molecule has 0 saturated carbocycles. The van der Waals surface area contributed by atoms with Crippen molar-refractivity contribution in [2.24, 2.45) is 0 Å². The van der Waals surface area contributed by atoms with E-state index < -0.39 is 0 Å². The van der Waals surface area contributed by atoms with Gasteiger partial charge < -0.3 is 3.87 Å². The Morgan fingerprint density at radius 1 is 1.83 bits per heavy atom. The van der Waals surface area contributed by atoms with Gasteiger partial charge in [0, 0.05) is 0 Å². The van der Waals surface area contributed by atoms with E-state index in [4.69, 9.17) is 0 Å². The van der Waals surface area contributed by atoms with Gasteiger partial charge in [-0.15, -0.1) is 0 Å². The van der Waals surface area contributed by atoms with Crippen LogP contribution < -0.4 is 0 Å². The van der Waals surface area contributed by atoms with Crippen molar-refractivity contribution in [3.8, 4) is 0 Å². The molecular formula is C3H10OSSi. The molecule has 0 aromatic heterocycles. The maximum atomic E-state index is 4.62. The number of hydrogen-bond donors (Lipinski definition) is 1. The topological polar surface area (TPSA) is 9.23 Å². The highest BCUT2D eigenvalue weighted by atomic mass is 32.1. The minimum absolute atomic E-state index is 0.214. The van der Waals surface area contributed by atoms with Gasteiger partial charge in [-0.05, 0) is 19.0 Å². The Morgan fingerprint density at radius 3 is 2.67 bits per heavy atom. The van der Waals surface area contributed by atoms with E-state index in [1.165, 1.54) is 12.5 Å². The molecule has 0 aromatic carbocycles. The fraction of sp³-hybridized carbons (Fsp3) is 1.00. The molecule has 1 nitrogen and oxygen atoms in total. The van der Waals surface area contributed by atoms with Crippen LogP contribution in [0.25, 0.3) is 0 Å². The van der Waals surface area contributed by atoms with Crippen molar-refractivity contribution in [3.05, 3.63) is 0 Å². The van der Waals surface area contributed by atoms with Crippen molar-refractivity contribution in [1.29, 1.82) is 0 Å². The molecule has 6 heavy (non-hydrogen) atoms. The second kappa shape index (κ2) is 5.53. The second-order valence-electron chi connectivity index (χ2n) is 1.19. The average molecular weight is 122 g/mol. The average Bonchev–Trinajstić information content (AvgIpc) is 1.61. The number of thiol groups is 1. The molecule has 38 valence electrons. The van der Waals surface area contributed by atoms with Gasteiger partial charge in [0.15, 0.2) is 9.76 Å². The zero-order chi connectivity index (χ0) is 4.83. The van der Waals surface area contributed by atoms with E-state index in [0.29, 0.717) is 0 Å². The Labute approximate surface area is 46.6 Å². The van der Waals surface area contributed by atoms with Crippen molar-refractivity contribution in [2.75, 3.05) is 0 Å². The third-order valence-corrected chi connectivity index (χ3v) is 2.32. The van der Waals surface area contributed by atoms with Gasteiger partial charge in [0.2, 0.25) is 0 Å². The predicted octanol–water partition coefficient (Wildman–Crippen LogP) is 0.760. The predicted molar refractivity (Wildman–Crippen MR) is 33.7 cm³/mol. The van der Waals surface area contributed by atoms with E-state index in [-0.39, 0.29) is 9.76 Å². The normalized spacial score (nSPS) is 11.0. The van der Waals surface area contributed by atoms with Gasteiger partial charge in [-0.25, -0.2) is 0 Å². The van der Waals surface area contributed by atoms with Gasteiger partial charge in [0.05, 0.1) is 0 Å². The van der Waals surface area contributed by atoms with Crippen molar-refractivity contribution in [3.63, 3.8) is 0 Å². The smallest absolute Gasteiger partial charge is 0.180 e. The molecule has 0 aliphatic heterocycles.